The van der Waals surface area contributed by atoms with Crippen LogP contribution in [0.4, 0.5) is 5.69 Å². The Balaban J connectivity index is 1.97. The maximum atomic E-state index is 13.0. The van der Waals surface area contributed by atoms with E-state index in [0.717, 1.165) is 6.08 Å². The largest absolute Gasteiger partial charge is 0.493 e. The van der Waals surface area contributed by atoms with Crippen LogP contribution in [0.2, 0.25) is 0 Å². The van der Waals surface area contributed by atoms with Crippen LogP contribution in [0.25, 0.3) is 11.9 Å². The molecular weight excluding hydrogens is 412 g/mol. The minimum Gasteiger partial charge on any atom is -0.493 e. The van der Waals surface area contributed by atoms with Crippen molar-refractivity contribution in [2.75, 3.05) is 18.9 Å². The molecule has 0 fully saturated rings. The maximum absolute atomic E-state index is 13.0. The molecule has 0 unspecified atom stereocenters. The molecule has 0 spiro atoms. The van der Waals surface area contributed by atoms with Crippen molar-refractivity contribution in [2.45, 2.75) is 4.90 Å². The van der Waals surface area contributed by atoms with Gasteiger partial charge in [0.1, 0.15) is 4.90 Å². The zero-order valence-corrected chi connectivity index (χ0v) is 16.8. The van der Waals surface area contributed by atoms with E-state index in [-0.39, 0.29) is 22.1 Å². The van der Waals surface area contributed by atoms with Crippen molar-refractivity contribution in [2.24, 2.45) is 0 Å². The van der Waals surface area contributed by atoms with Gasteiger partial charge in [-0.05, 0) is 42.0 Å². The van der Waals surface area contributed by atoms with E-state index >= 15 is 0 Å². The molecule has 1 aromatic carbocycles. The Bertz CT molecular complexity index is 1170. The molecule has 2 aromatic heterocycles. The summed E-state index contributed by atoms with van der Waals surface area (Å²) in [5, 5.41) is 12.9. The molecule has 0 amide bonds. The van der Waals surface area contributed by atoms with Gasteiger partial charge in [-0.15, -0.1) is 0 Å². The van der Waals surface area contributed by atoms with Gasteiger partial charge in [-0.2, -0.15) is 5.10 Å². The van der Waals surface area contributed by atoms with E-state index in [1.54, 1.807) is 30.6 Å². The first-order valence-corrected chi connectivity index (χ1v) is 9.98. The Morgan fingerprint density at radius 1 is 1.23 bits per heavy atom. The number of hydrogen-bond acceptors (Lipinski definition) is 7. The molecule has 11 heteroatoms. The van der Waals surface area contributed by atoms with Crippen LogP contribution >= 0.6 is 0 Å². The van der Waals surface area contributed by atoms with Crippen molar-refractivity contribution in [3.05, 3.63) is 60.6 Å². The molecule has 10 nitrogen and oxygen atoms in total. The van der Waals surface area contributed by atoms with Crippen LogP contribution in [0.5, 0.6) is 11.5 Å². The first-order valence-electron chi connectivity index (χ1n) is 8.50. The number of pyridine rings is 1. The average Bonchev–Trinajstić information content (AvgIpc) is 3.26. The van der Waals surface area contributed by atoms with Gasteiger partial charge in [-0.3, -0.25) is 4.72 Å². The number of methoxy groups -OCH3 is 2. The average molecular weight is 430 g/mol. The number of aromatic nitrogens is 3. The number of nitrogens with one attached hydrogen (secondary N) is 1. The Morgan fingerprint density at radius 2 is 2.03 bits per heavy atom. The second kappa shape index (κ2) is 8.66. The highest BCUT2D eigenvalue weighted by molar-refractivity contribution is 7.92. The van der Waals surface area contributed by atoms with Crippen LogP contribution in [-0.4, -0.2) is 48.5 Å². The molecule has 0 aliphatic carbocycles. The summed E-state index contributed by atoms with van der Waals surface area (Å²) in [7, 11) is -1.45. The number of carboxylic acid groups (broad SMARTS) is 1. The molecule has 2 heterocycles. The fraction of sp³-hybridized carbons (Fsp3) is 0.105. The minimum atomic E-state index is -4.12. The van der Waals surface area contributed by atoms with E-state index in [0.29, 0.717) is 11.4 Å². The van der Waals surface area contributed by atoms with E-state index in [1.807, 2.05) is 0 Å². The summed E-state index contributed by atoms with van der Waals surface area (Å²) >= 11 is 0. The number of hydrogen-bond donors (Lipinski definition) is 2. The standard InChI is InChI=1S/C19H18N4O6S/c1-28-15-10-13(4-7-18(24)25)11-16(19(15)29-2)30(26,27)22-14-5-6-17(20-12-14)23-9-3-8-21-23/h3-12,22H,1-2H3,(H,24,25)/b7-4+. The highest BCUT2D eigenvalue weighted by Crippen LogP contribution is 2.36. The summed E-state index contributed by atoms with van der Waals surface area (Å²) in [5.74, 6) is -0.533. The Morgan fingerprint density at radius 3 is 2.60 bits per heavy atom. The molecule has 0 bridgehead atoms. The Hall–Kier alpha value is -3.86. The van der Waals surface area contributed by atoms with E-state index in [2.05, 4.69) is 14.8 Å². The number of sulfonamides is 1. The first kappa shape index (κ1) is 20.9. The first-order chi connectivity index (χ1) is 14.3. The van der Waals surface area contributed by atoms with E-state index in [4.69, 9.17) is 14.6 Å². The SMILES string of the molecule is COc1cc(/C=C/C(=O)O)cc(S(=O)(=O)Nc2ccc(-n3cccn3)nc2)c1OC. The van der Waals surface area contributed by atoms with Crippen molar-refractivity contribution in [1.29, 1.82) is 0 Å². The van der Waals surface area contributed by atoms with E-state index in [1.165, 1.54) is 43.3 Å². The lowest BCUT2D eigenvalue weighted by Gasteiger charge is -2.15. The number of anilines is 1. The summed E-state index contributed by atoms with van der Waals surface area (Å²) in [5.41, 5.74) is 0.529. The van der Waals surface area contributed by atoms with Crippen LogP contribution in [0.15, 0.2) is 59.9 Å². The molecule has 0 aliphatic heterocycles. The molecule has 3 aromatic rings. The van der Waals surface area contributed by atoms with Gasteiger partial charge < -0.3 is 14.6 Å². The predicted octanol–water partition coefficient (Wildman–Crippen LogP) is 2.18. The summed E-state index contributed by atoms with van der Waals surface area (Å²) in [6.07, 6.45) is 6.81. The second-order valence-electron chi connectivity index (χ2n) is 5.89. The van der Waals surface area contributed by atoms with Gasteiger partial charge in [-0.1, -0.05) is 0 Å². The van der Waals surface area contributed by atoms with Gasteiger partial charge in [0.05, 0.1) is 26.1 Å². The number of rotatable bonds is 8. The third-order valence-electron chi connectivity index (χ3n) is 3.91. The van der Waals surface area contributed by atoms with Crippen molar-refractivity contribution in [1.82, 2.24) is 14.8 Å². The van der Waals surface area contributed by atoms with Gasteiger partial charge in [0, 0.05) is 18.5 Å². The van der Waals surface area contributed by atoms with Gasteiger partial charge in [0.15, 0.2) is 17.3 Å². The fourth-order valence-corrected chi connectivity index (χ4v) is 3.87. The maximum Gasteiger partial charge on any atom is 0.328 e. The smallest absolute Gasteiger partial charge is 0.328 e. The van der Waals surface area contributed by atoms with Gasteiger partial charge >= 0.3 is 5.97 Å². The monoisotopic (exact) mass is 430 g/mol. The minimum absolute atomic E-state index is 0.0152. The van der Waals surface area contributed by atoms with Crippen molar-refractivity contribution < 1.29 is 27.8 Å². The lowest BCUT2D eigenvalue weighted by atomic mass is 10.2. The number of aliphatic carboxylic acids is 1. The molecule has 0 atom stereocenters. The van der Waals surface area contributed by atoms with Crippen molar-refractivity contribution in [3.63, 3.8) is 0 Å². The normalized spacial score (nSPS) is 11.4. The molecule has 3 rings (SSSR count). The zero-order chi connectivity index (χ0) is 21.7. The summed E-state index contributed by atoms with van der Waals surface area (Å²) in [6, 6.07) is 7.64. The van der Waals surface area contributed by atoms with Gasteiger partial charge in [-0.25, -0.2) is 22.9 Å². The van der Waals surface area contributed by atoms with E-state index in [9.17, 15) is 13.2 Å². The van der Waals surface area contributed by atoms with Crippen molar-refractivity contribution >= 4 is 27.8 Å². The van der Waals surface area contributed by atoms with Crippen LogP contribution < -0.4 is 14.2 Å². The van der Waals surface area contributed by atoms with Crippen LogP contribution in [0.3, 0.4) is 0 Å². The molecule has 156 valence electrons. The number of carbonyl (C=O) groups is 1. The lowest BCUT2D eigenvalue weighted by Crippen LogP contribution is -2.15. The molecule has 30 heavy (non-hydrogen) atoms. The fourth-order valence-electron chi connectivity index (χ4n) is 2.61. The highest BCUT2D eigenvalue weighted by Gasteiger charge is 2.24. The molecular formula is C19H18N4O6S. The van der Waals surface area contributed by atoms with Crippen molar-refractivity contribution in [3.8, 4) is 17.3 Å². The summed E-state index contributed by atoms with van der Waals surface area (Å²) in [6.45, 7) is 0. The molecule has 0 saturated carbocycles. The summed E-state index contributed by atoms with van der Waals surface area (Å²) in [4.78, 5) is 14.8. The highest BCUT2D eigenvalue weighted by atomic mass is 32.2. The third kappa shape index (κ3) is 4.58. The molecule has 2 N–H and O–H groups in total. The van der Waals surface area contributed by atoms with Gasteiger partial charge in [0.2, 0.25) is 0 Å². The Kier molecular flexibility index (Phi) is 6.02. The molecule has 0 radical (unpaired) electrons. The second-order valence-corrected chi connectivity index (χ2v) is 7.54. The predicted molar refractivity (Wildman–Crippen MR) is 108 cm³/mol. The number of ether oxygens (including phenoxy) is 2. The van der Waals surface area contributed by atoms with E-state index < -0.39 is 16.0 Å². The number of nitrogens with zero attached hydrogens (tertiary/aromatic N) is 3. The lowest BCUT2D eigenvalue weighted by molar-refractivity contribution is -0.131. The molecule has 0 aliphatic rings. The van der Waals surface area contributed by atoms with Crippen LogP contribution in [0, 0.1) is 0 Å². The Labute approximate surface area is 172 Å². The third-order valence-corrected chi connectivity index (χ3v) is 5.30. The van der Waals surface area contributed by atoms with Crippen LogP contribution in [-0.2, 0) is 14.8 Å². The topological polar surface area (TPSA) is 133 Å². The number of benzene rings is 1. The quantitative estimate of drug-likeness (QED) is 0.520. The summed E-state index contributed by atoms with van der Waals surface area (Å²) < 4.78 is 40.4. The molecule has 0 saturated heterocycles. The number of carboxylic acids is 1. The van der Waals surface area contributed by atoms with Crippen LogP contribution in [0.1, 0.15) is 5.56 Å². The van der Waals surface area contributed by atoms with Gasteiger partial charge in [0.25, 0.3) is 10.0 Å². The zero-order valence-electron chi connectivity index (χ0n) is 16.0.